The molecule has 2 aliphatic heterocycles. The lowest BCUT2D eigenvalue weighted by molar-refractivity contribution is -0.136. The Kier molecular flexibility index (Phi) is 6.25. The van der Waals surface area contributed by atoms with Crippen LogP contribution in [-0.4, -0.2) is 86.0 Å². The lowest BCUT2D eigenvalue weighted by atomic mass is 9.52. The zero-order chi connectivity index (χ0) is 27.6. The predicted octanol–water partition coefficient (Wildman–Crippen LogP) is 2.77. The fourth-order valence-corrected chi connectivity index (χ4v) is 9.08. The molecule has 2 N–H and O–H groups in total. The predicted molar refractivity (Wildman–Crippen MR) is 154 cm³/mol. The fourth-order valence-electron chi connectivity index (χ4n) is 8.25. The quantitative estimate of drug-likeness (QED) is 0.586. The number of rotatable bonds is 4. The number of anilines is 4. The molecule has 11 heteroatoms. The number of aromatic nitrogens is 1. The van der Waals surface area contributed by atoms with Crippen LogP contribution in [-0.2, 0) is 10.0 Å². The van der Waals surface area contributed by atoms with Crippen LogP contribution in [0.3, 0.4) is 0 Å². The van der Waals surface area contributed by atoms with E-state index in [2.05, 4.69) is 15.1 Å². The van der Waals surface area contributed by atoms with Crippen LogP contribution in [0.5, 0.6) is 0 Å². The SMILES string of the molecule is CS(=O)(=O)N1CCN(c2ccc(N3CCN(C(=O)NC4[C@@H]5CC6C[C@H]4CC(O)(C6)C5)c4ccccc43)nc2)CC1. The third-order valence-corrected chi connectivity index (χ3v) is 11.2. The van der Waals surface area contributed by atoms with Crippen molar-refractivity contribution in [3.8, 4) is 0 Å². The molecule has 5 atom stereocenters. The fraction of sp³-hybridized carbons (Fsp3) is 0.586. The minimum absolute atomic E-state index is 0.0480. The Balaban J connectivity index is 1.05. The summed E-state index contributed by atoms with van der Waals surface area (Å²) in [7, 11) is -3.17. The first-order chi connectivity index (χ1) is 19.2. The van der Waals surface area contributed by atoms with E-state index in [-0.39, 0.29) is 12.1 Å². The van der Waals surface area contributed by atoms with Gasteiger partial charge in [0.2, 0.25) is 10.0 Å². The standard InChI is InChI=1S/C29H38N6O4S/c1-40(38,39)33-10-8-32(9-11-33)23-6-7-26(30-19-23)34-12-13-35(25-5-3-2-4-24(25)34)28(36)31-27-21-14-20-15-22(27)18-29(37,16-20)17-21/h2-7,19-22,27,37H,8-18H2,1H3,(H,31,36)/t20?,21-,22+,27?,29?. The minimum Gasteiger partial charge on any atom is -0.390 e. The summed E-state index contributed by atoms with van der Waals surface area (Å²) in [6.07, 6.45) is 7.90. The number of fused-ring (bicyclic) bond motifs is 1. The number of carbonyl (C=O) groups is 1. The molecule has 0 spiro atoms. The van der Waals surface area contributed by atoms with Crippen molar-refractivity contribution in [2.45, 2.75) is 43.7 Å². The molecule has 4 saturated carbocycles. The van der Waals surface area contributed by atoms with E-state index in [4.69, 9.17) is 4.98 Å². The third-order valence-electron chi connectivity index (χ3n) is 9.87. The van der Waals surface area contributed by atoms with Crippen LogP contribution >= 0.6 is 0 Å². The van der Waals surface area contributed by atoms with Gasteiger partial charge in [0.15, 0.2) is 0 Å². The van der Waals surface area contributed by atoms with Gasteiger partial charge in [0.1, 0.15) is 5.82 Å². The van der Waals surface area contributed by atoms with E-state index in [9.17, 15) is 18.3 Å². The van der Waals surface area contributed by atoms with Gasteiger partial charge in [0.05, 0.1) is 35.1 Å². The average molecular weight is 567 g/mol. The Morgan fingerprint density at radius 2 is 1.65 bits per heavy atom. The zero-order valence-corrected chi connectivity index (χ0v) is 23.8. The van der Waals surface area contributed by atoms with Gasteiger partial charge in [0, 0.05) is 45.3 Å². The number of hydrogen-bond donors (Lipinski definition) is 2. The average Bonchev–Trinajstić information content (AvgIpc) is 2.93. The Hall–Kier alpha value is -2.89. The summed E-state index contributed by atoms with van der Waals surface area (Å²) in [5, 5.41) is 14.3. The molecule has 4 bridgehead atoms. The maximum atomic E-state index is 13.7. The Bertz CT molecular complexity index is 1380. The van der Waals surface area contributed by atoms with Crippen LogP contribution in [0.2, 0.25) is 0 Å². The maximum absolute atomic E-state index is 13.7. The van der Waals surface area contributed by atoms with Gasteiger partial charge in [0.25, 0.3) is 0 Å². The number of para-hydroxylation sites is 2. The highest BCUT2D eigenvalue weighted by atomic mass is 32.2. The molecule has 3 unspecified atom stereocenters. The molecular weight excluding hydrogens is 528 g/mol. The topological polar surface area (TPSA) is 109 Å². The number of carbonyl (C=O) groups excluding carboxylic acids is 1. The number of nitrogens with zero attached hydrogens (tertiary/aromatic N) is 5. The smallest absolute Gasteiger partial charge is 0.322 e. The monoisotopic (exact) mass is 566 g/mol. The number of amides is 2. The van der Waals surface area contributed by atoms with Gasteiger partial charge >= 0.3 is 6.03 Å². The lowest BCUT2D eigenvalue weighted by Crippen LogP contribution is -2.63. The van der Waals surface area contributed by atoms with E-state index in [0.717, 1.165) is 55.0 Å². The second-order valence-electron chi connectivity index (χ2n) is 12.5. The second-order valence-corrected chi connectivity index (χ2v) is 14.5. The molecule has 6 aliphatic rings. The number of aliphatic hydroxyl groups is 1. The van der Waals surface area contributed by atoms with Crippen molar-refractivity contribution >= 4 is 38.9 Å². The number of pyridine rings is 1. The zero-order valence-electron chi connectivity index (χ0n) is 22.9. The highest BCUT2D eigenvalue weighted by Crippen LogP contribution is 2.55. The van der Waals surface area contributed by atoms with Crippen molar-refractivity contribution in [3.63, 3.8) is 0 Å². The number of hydrogen-bond acceptors (Lipinski definition) is 7. The van der Waals surface area contributed by atoms with E-state index in [1.54, 1.807) is 0 Å². The number of sulfonamides is 1. The molecule has 4 aliphatic carbocycles. The van der Waals surface area contributed by atoms with E-state index < -0.39 is 15.6 Å². The van der Waals surface area contributed by atoms with E-state index in [1.807, 2.05) is 47.5 Å². The van der Waals surface area contributed by atoms with Gasteiger partial charge in [-0.05, 0) is 74.1 Å². The van der Waals surface area contributed by atoms with Gasteiger partial charge in [-0.15, -0.1) is 0 Å². The highest BCUT2D eigenvalue weighted by Gasteiger charge is 2.55. The molecule has 1 aromatic carbocycles. The van der Waals surface area contributed by atoms with Gasteiger partial charge < -0.3 is 20.2 Å². The van der Waals surface area contributed by atoms with Crippen molar-refractivity contribution in [1.29, 1.82) is 0 Å². The summed E-state index contributed by atoms with van der Waals surface area (Å²) in [6, 6.07) is 12.1. The molecule has 1 saturated heterocycles. The summed E-state index contributed by atoms with van der Waals surface area (Å²) in [5.41, 5.74) is 2.29. The normalized spacial score (nSPS) is 31.8. The first-order valence-corrected chi connectivity index (χ1v) is 16.3. The van der Waals surface area contributed by atoms with E-state index >= 15 is 0 Å². The van der Waals surface area contributed by atoms with Crippen molar-refractivity contribution in [2.75, 3.05) is 60.2 Å². The second kappa shape index (κ2) is 9.60. The first-order valence-electron chi connectivity index (χ1n) is 14.5. The number of piperazine rings is 1. The van der Waals surface area contributed by atoms with E-state index in [1.165, 1.54) is 10.6 Å². The van der Waals surface area contributed by atoms with Crippen molar-refractivity contribution in [3.05, 3.63) is 42.6 Å². The lowest BCUT2D eigenvalue weighted by Gasteiger charge is -2.58. The van der Waals surface area contributed by atoms with Gasteiger partial charge in [-0.25, -0.2) is 18.2 Å². The summed E-state index contributed by atoms with van der Waals surface area (Å²) in [4.78, 5) is 24.6. The van der Waals surface area contributed by atoms with Gasteiger partial charge in [-0.2, -0.15) is 4.31 Å². The molecule has 10 nitrogen and oxygen atoms in total. The largest absolute Gasteiger partial charge is 0.390 e. The molecule has 40 heavy (non-hydrogen) atoms. The molecule has 3 heterocycles. The summed E-state index contributed by atoms with van der Waals surface area (Å²) >= 11 is 0. The van der Waals surface area contributed by atoms with E-state index in [0.29, 0.717) is 57.0 Å². The van der Waals surface area contributed by atoms with Crippen LogP contribution in [0.25, 0.3) is 0 Å². The van der Waals surface area contributed by atoms with Crippen LogP contribution in [0.4, 0.5) is 27.7 Å². The van der Waals surface area contributed by atoms with Crippen LogP contribution in [0.1, 0.15) is 32.1 Å². The number of urea groups is 1. The molecule has 5 fully saturated rings. The molecule has 0 radical (unpaired) electrons. The molecule has 8 rings (SSSR count). The third kappa shape index (κ3) is 4.61. The maximum Gasteiger partial charge on any atom is 0.322 e. The summed E-state index contributed by atoms with van der Waals surface area (Å²) < 4.78 is 25.2. The Labute approximate surface area is 236 Å². The number of benzene rings is 1. The first kappa shape index (κ1) is 26.0. The van der Waals surface area contributed by atoms with Crippen molar-refractivity contribution in [2.24, 2.45) is 17.8 Å². The van der Waals surface area contributed by atoms with Crippen molar-refractivity contribution in [1.82, 2.24) is 14.6 Å². The Morgan fingerprint density at radius 3 is 2.27 bits per heavy atom. The van der Waals surface area contributed by atoms with Gasteiger partial charge in [-0.1, -0.05) is 12.1 Å². The molecule has 1 aromatic heterocycles. The summed E-state index contributed by atoms with van der Waals surface area (Å²) in [5.74, 6) is 2.17. The number of nitrogens with one attached hydrogen (secondary N) is 1. The van der Waals surface area contributed by atoms with Gasteiger partial charge in [-0.3, -0.25) is 4.90 Å². The van der Waals surface area contributed by atoms with Crippen LogP contribution in [0, 0.1) is 17.8 Å². The van der Waals surface area contributed by atoms with Crippen LogP contribution in [0.15, 0.2) is 42.6 Å². The summed E-state index contributed by atoms with van der Waals surface area (Å²) in [6.45, 7) is 3.39. The Morgan fingerprint density at radius 1 is 0.950 bits per heavy atom. The minimum atomic E-state index is -3.17. The van der Waals surface area contributed by atoms with Crippen LogP contribution < -0.4 is 20.0 Å². The molecule has 2 amide bonds. The highest BCUT2D eigenvalue weighted by molar-refractivity contribution is 7.88. The molecule has 214 valence electrons. The van der Waals surface area contributed by atoms with Crippen molar-refractivity contribution < 1.29 is 18.3 Å². The molecule has 2 aromatic rings. The molecular formula is C29H38N6O4S.